The van der Waals surface area contributed by atoms with Crippen LogP contribution in [-0.4, -0.2) is 36.1 Å². The fourth-order valence-corrected chi connectivity index (χ4v) is 3.94. The highest BCUT2D eigenvalue weighted by atomic mass is 15.2. The topological polar surface area (TPSA) is 15.3 Å². The van der Waals surface area contributed by atoms with Gasteiger partial charge in [0, 0.05) is 24.2 Å². The minimum absolute atomic E-state index is 0.623. The van der Waals surface area contributed by atoms with E-state index in [0.29, 0.717) is 5.41 Å². The lowest BCUT2D eigenvalue weighted by molar-refractivity contribution is 0.0440. The van der Waals surface area contributed by atoms with Crippen molar-refractivity contribution >= 4 is 0 Å². The van der Waals surface area contributed by atoms with E-state index in [1.54, 1.807) is 0 Å². The summed E-state index contributed by atoms with van der Waals surface area (Å²) in [7, 11) is 2.34. The van der Waals surface area contributed by atoms with E-state index in [4.69, 9.17) is 0 Å². The van der Waals surface area contributed by atoms with Gasteiger partial charge < -0.3 is 10.2 Å². The van der Waals surface area contributed by atoms with Crippen molar-refractivity contribution in [3.05, 3.63) is 0 Å². The molecule has 0 spiro atoms. The second kappa shape index (κ2) is 4.24. The molecule has 3 aliphatic rings. The van der Waals surface area contributed by atoms with E-state index in [1.807, 2.05) is 0 Å². The number of nitrogens with one attached hydrogen (secondary N) is 1. The standard InChI is InChI=1S/C15H28N2/c1-11(15(2)7-8-15)16-12-9-13-5-4-6-14(10-12)17(13)3/h11-14,16H,4-10H2,1-3H3. The summed E-state index contributed by atoms with van der Waals surface area (Å²) in [6.45, 7) is 4.85. The van der Waals surface area contributed by atoms with Gasteiger partial charge >= 0.3 is 0 Å². The summed E-state index contributed by atoms with van der Waals surface area (Å²) in [6, 6.07) is 3.23. The van der Waals surface area contributed by atoms with Crippen LogP contribution < -0.4 is 5.32 Å². The summed E-state index contributed by atoms with van der Waals surface area (Å²) in [6.07, 6.45) is 9.94. The third-order valence-corrected chi connectivity index (χ3v) is 5.91. The molecule has 1 N–H and O–H groups in total. The second-order valence-electron chi connectivity index (χ2n) is 7.11. The highest BCUT2D eigenvalue weighted by Crippen LogP contribution is 2.48. The van der Waals surface area contributed by atoms with Crippen LogP contribution in [0, 0.1) is 5.41 Å². The molecular weight excluding hydrogens is 208 g/mol. The molecule has 0 aromatic heterocycles. The van der Waals surface area contributed by atoms with Gasteiger partial charge in [0.15, 0.2) is 0 Å². The van der Waals surface area contributed by atoms with Crippen molar-refractivity contribution in [2.45, 2.75) is 83.0 Å². The Bertz CT molecular complexity index is 271. The molecule has 1 saturated carbocycles. The molecule has 1 aliphatic carbocycles. The Morgan fingerprint density at radius 1 is 1.18 bits per heavy atom. The van der Waals surface area contributed by atoms with Crippen molar-refractivity contribution in [3.8, 4) is 0 Å². The normalized spacial score (nSPS) is 42.2. The van der Waals surface area contributed by atoms with Crippen LogP contribution in [0.25, 0.3) is 0 Å². The molecule has 17 heavy (non-hydrogen) atoms. The lowest BCUT2D eigenvalue weighted by Crippen LogP contribution is -2.56. The number of hydrogen-bond donors (Lipinski definition) is 1. The highest BCUT2D eigenvalue weighted by Gasteiger charge is 2.44. The Labute approximate surface area is 106 Å². The molecule has 98 valence electrons. The van der Waals surface area contributed by atoms with Gasteiger partial charge in [0.25, 0.3) is 0 Å². The lowest BCUT2D eigenvalue weighted by Gasteiger charge is -2.48. The average molecular weight is 236 g/mol. The first-order valence-electron chi connectivity index (χ1n) is 7.56. The molecule has 0 aromatic carbocycles. The zero-order chi connectivity index (χ0) is 12.0. The molecule has 2 nitrogen and oxygen atoms in total. The molecule has 2 aliphatic heterocycles. The van der Waals surface area contributed by atoms with Crippen LogP contribution in [0.5, 0.6) is 0 Å². The van der Waals surface area contributed by atoms with E-state index in [2.05, 4.69) is 31.1 Å². The third kappa shape index (κ3) is 2.26. The van der Waals surface area contributed by atoms with Crippen molar-refractivity contribution in [1.82, 2.24) is 10.2 Å². The van der Waals surface area contributed by atoms with Gasteiger partial charge in [0.05, 0.1) is 0 Å². The van der Waals surface area contributed by atoms with Gasteiger partial charge in [0.2, 0.25) is 0 Å². The molecule has 0 amide bonds. The molecule has 3 atom stereocenters. The number of hydrogen-bond acceptors (Lipinski definition) is 2. The number of nitrogens with zero attached hydrogens (tertiary/aromatic N) is 1. The Hall–Kier alpha value is -0.0800. The molecule has 3 rings (SSSR count). The minimum Gasteiger partial charge on any atom is -0.311 e. The molecule has 0 radical (unpaired) electrons. The first-order chi connectivity index (χ1) is 8.08. The smallest absolute Gasteiger partial charge is 0.0110 e. The number of piperidine rings is 2. The lowest BCUT2D eigenvalue weighted by atomic mass is 9.81. The Morgan fingerprint density at radius 2 is 1.76 bits per heavy atom. The van der Waals surface area contributed by atoms with Gasteiger partial charge in [-0.1, -0.05) is 13.3 Å². The van der Waals surface area contributed by atoms with E-state index in [1.165, 1.54) is 44.9 Å². The predicted octanol–water partition coefficient (Wildman–Crippen LogP) is 2.78. The fourth-order valence-electron chi connectivity index (χ4n) is 3.94. The van der Waals surface area contributed by atoms with Crippen LogP contribution >= 0.6 is 0 Å². The van der Waals surface area contributed by atoms with Crippen LogP contribution in [0.4, 0.5) is 0 Å². The van der Waals surface area contributed by atoms with E-state index < -0.39 is 0 Å². The fraction of sp³-hybridized carbons (Fsp3) is 1.00. The van der Waals surface area contributed by atoms with E-state index >= 15 is 0 Å². The van der Waals surface area contributed by atoms with E-state index in [-0.39, 0.29) is 0 Å². The predicted molar refractivity (Wildman–Crippen MR) is 72.2 cm³/mol. The van der Waals surface area contributed by atoms with Gasteiger partial charge in [-0.25, -0.2) is 0 Å². The van der Waals surface area contributed by atoms with Crippen molar-refractivity contribution in [2.24, 2.45) is 5.41 Å². The van der Waals surface area contributed by atoms with Crippen LogP contribution in [0.1, 0.15) is 58.8 Å². The summed E-state index contributed by atoms with van der Waals surface area (Å²) >= 11 is 0. The van der Waals surface area contributed by atoms with Crippen LogP contribution in [0.3, 0.4) is 0 Å². The quantitative estimate of drug-likeness (QED) is 0.810. The molecule has 2 saturated heterocycles. The van der Waals surface area contributed by atoms with Gasteiger partial charge in [-0.05, 0) is 57.9 Å². The summed E-state index contributed by atoms with van der Waals surface area (Å²) in [4.78, 5) is 2.66. The van der Waals surface area contributed by atoms with Gasteiger partial charge in [-0.3, -0.25) is 0 Å². The first-order valence-corrected chi connectivity index (χ1v) is 7.56. The van der Waals surface area contributed by atoms with Crippen LogP contribution in [0.2, 0.25) is 0 Å². The molecule has 2 heteroatoms. The maximum Gasteiger partial charge on any atom is 0.0110 e. The Morgan fingerprint density at radius 3 is 2.29 bits per heavy atom. The molecule has 2 heterocycles. The minimum atomic E-state index is 0.623. The van der Waals surface area contributed by atoms with E-state index in [9.17, 15) is 0 Å². The summed E-state index contributed by atoms with van der Waals surface area (Å²) in [5.41, 5.74) is 0.623. The first kappa shape index (κ1) is 12.0. The van der Waals surface area contributed by atoms with Crippen molar-refractivity contribution in [2.75, 3.05) is 7.05 Å². The molecule has 3 fully saturated rings. The SMILES string of the molecule is CC(NC1CC2CCCC(C1)N2C)C1(C)CC1. The molecule has 3 unspecified atom stereocenters. The van der Waals surface area contributed by atoms with Gasteiger partial charge in [-0.2, -0.15) is 0 Å². The van der Waals surface area contributed by atoms with Crippen molar-refractivity contribution in [1.29, 1.82) is 0 Å². The maximum atomic E-state index is 3.94. The number of rotatable bonds is 3. The van der Waals surface area contributed by atoms with Crippen molar-refractivity contribution in [3.63, 3.8) is 0 Å². The van der Waals surface area contributed by atoms with Gasteiger partial charge in [0.1, 0.15) is 0 Å². The van der Waals surface area contributed by atoms with Crippen molar-refractivity contribution < 1.29 is 0 Å². The highest BCUT2D eigenvalue weighted by molar-refractivity contribution is 5.00. The third-order valence-electron chi connectivity index (χ3n) is 5.91. The Kier molecular flexibility index (Phi) is 2.99. The number of fused-ring (bicyclic) bond motifs is 2. The second-order valence-corrected chi connectivity index (χ2v) is 7.11. The molecular formula is C15H28N2. The zero-order valence-corrected chi connectivity index (χ0v) is 11.7. The molecule has 0 aromatic rings. The summed E-state index contributed by atoms with van der Waals surface area (Å²) < 4.78 is 0. The van der Waals surface area contributed by atoms with E-state index in [0.717, 1.165) is 24.2 Å². The zero-order valence-electron chi connectivity index (χ0n) is 11.7. The van der Waals surface area contributed by atoms with Crippen LogP contribution in [-0.2, 0) is 0 Å². The summed E-state index contributed by atoms with van der Waals surface area (Å²) in [5.74, 6) is 0. The van der Waals surface area contributed by atoms with Gasteiger partial charge in [-0.15, -0.1) is 0 Å². The summed E-state index contributed by atoms with van der Waals surface area (Å²) in [5, 5.41) is 3.94. The average Bonchev–Trinajstić information content (AvgIpc) is 2.99. The monoisotopic (exact) mass is 236 g/mol. The maximum absolute atomic E-state index is 3.94. The largest absolute Gasteiger partial charge is 0.311 e. The van der Waals surface area contributed by atoms with Crippen LogP contribution in [0.15, 0.2) is 0 Å². The Balaban J connectivity index is 1.58. The molecule has 2 bridgehead atoms.